The molecular weight excluding hydrogens is 446 g/mol. The van der Waals surface area contributed by atoms with Crippen LogP contribution in [0.4, 0.5) is 5.13 Å². The van der Waals surface area contributed by atoms with Crippen LogP contribution in [0.15, 0.2) is 10.5 Å². The standard InChI is InChI=1S/C14H19N5O9S2/c1-14(2,12(22)23)28-18-8(6-5-29-13(15)16-6)10(20)17-9-7(4-27-3)19(11(9)21)30(24,25)26/h5,7,9H,4H2,1-3H3,(H2,15,16)(H,17,20)(H,22,23)(H,24,25,26)/b18-8-/t7-,9+/m0/s1. The Morgan fingerprint density at radius 2 is 2.10 bits per heavy atom. The number of ether oxygens (including phenoxy) is 1. The van der Waals surface area contributed by atoms with Crippen LogP contribution in [-0.2, 0) is 34.3 Å². The first-order valence-electron chi connectivity index (χ1n) is 8.11. The summed E-state index contributed by atoms with van der Waals surface area (Å²) in [5.74, 6) is -3.48. The number of anilines is 1. The maximum Gasteiger partial charge on any atom is 0.362 e. The molecule has 0 unspecified atom stereocenters. The average molecular weight is 465 g/mol. The second-order valence-corrected chi connectivity index (χ2v) is 8.68. The quantitative estimate of drug-likeness (QED) is 0.142. The Morgan fingerprint density at radius 1 is 1.47 bits per heavy atom. The molecule has 1 aliphatic heterocycles. The van der Waals surface area contributed by atoms with Gasteiger partial charge < -0.3 is 25.7 Å². The minimum atomic E-state index is -4.86. The molecule has 2 atom stereocenters. The zero-order valence-corrected chi connectivity index (χ0v) is 17.6. The summed E-state index contributed by atoms with van der Waals surface area (Å²) in [5.41, 5.74) is 3.21. The van der Waals surface area contributed by atoms with Crippen molar-refractivity contribution in [1.29, 1.82) is 0 Å². The molecule has 30 heavy (non-hydrogen) atoms. The van der Waals surface area contributed by atoms with Gasteiger partial charge in [-0.3, -0.25) is 14.1 Å². The molecule has 0 aliphatic carbocycles. The molecule has 2 amide bonds. The van der Waals surface area contributed by atoms with Gasteiger partial charge in [-0.15, -0.1) is 11.3 Å². The largest absolute Gasteiger partial charge is 0.478 e. The van der Waals surface area contributed by atoms with Crippen LogP contribution in [0, 0.1) is 0 Å². The van der Waals surface area contributed by atoms with Crippen LogP contribution in [0.2, 0.25) is 0 Å². The molecule has 14 nitrogen and oxygen atoms in total. The maximum absolute atomic E-state index is 12.7. The third-order valence-electron chi connectivity index (χ3n) is 3.90. The summed E-state index contributed by atoms with van der Waals surface area (Å²) in [6, 6.07) is -2.58. The number of oxime groups is 1. The Balaban J connectivity index is 2.30. The molecule has 0 saturated carbocycles. The Bertz CT molecular complexity index is 988. The lowest BCUT2D eigenvalue weighted by Crippen LogP contribution is -2.73. The molecule has 0 radical (unpaired) electrons. The molecule has 0 spiro atoms. The Kier molecular flexibility index (Phi) is 6.65. The third-order valence-corrected chi connectivity index (χ3v) is 5.52. The van der Waals surface area contributed by atoms with E-state index in [9.17, 15) is 22.8 Å². The number of nitrogen functional groups attached to an aromatic ring is 1. The van der Waals surface area contributed by atoms with Gasteiger partial charge in [0.05, 0.1) is 6.61 Å². The molecule has 1 saturated heterocycles. The lowest BCUT2D eigenvalue weighted by atomic mass is 9.99. The highest BCUT2D eigenvalue weighted by molar-refractivity contribution is 7.84. The van der Waals surface area contributed by atoms with E-state index in [-0.39, 0.29) is 21.7 Å². The number of hydrogen-bond donors (Lipinski definition) is 4. The van der Waals surface area contributed by atoms with Crippen LogP contribution in [0.1, 0.15) is 19.5 Å². The van der Waals surface area contributed by atoms with Crippen molar-refractivity contribution in [2.75, 3.05) is 19.5 Å². The molecule has 1 fully saturated rings. The van der Waals surface area contributed by atoms with Crippen LogP contribution in [-0.4, -0.2) is 82.3 Å². The normalized spacial score (nSPS) is 19.9. The number of rotatable bonds is 9. The number of carbonyl (C=O) groups is 3. The SMILES string of the molecule is COC[C@H]1[C@@H](NC(=O)/C(=N\OC(C)(C)C(=O)O)c2csc(N)n2)C(=O)N1S(=O)(=O)O. The molecule has 1 aliphatic rings. The fourth-order valence-electron chi connectivity index (χ4n) is 2.31. The van der Waals surface area contributed by atoms with Crippen LogP contribution >= 0.6 is 11.3 Å². The second kappa shape index (κ2) is 8.50. The topological polar surface area (TPSA) is 211 Å². The van der Waals surface area contributed by atoms with Crippen molar-refractivity contribution in [2.24, 2.45) is 5.16 Å². The number of methoxy groups -OCH3 is 1. The van der Waals surface area contributed by atoms with E-state index in [2.05, 4.69) is 15.5 Å². The fourth-order valence-corrected chi connectivity index (χ4v) is 3.72. The minimum absolute atomic E-state index is 0.0575. The first-order chi connectivity index (χ1) is 13.8. The maximum atomic E-state index is 12.7. The smallest absolute Gasteiger partial charge is 0.362 e. The van der Waals surface area contributed by atoms with Crippen molar-refractivity contribution in [3.05, 3.63) is 11.1 Å². The number of carbonyl (C=O) groups excluding carboxylic acids is 2. The number of amides is 2. The first-order valence-corrected chi connectivity index (χ1v) is 10.4. The van der Waals surface area contributed by atoms with Gasteiger partial charge >= 0.3 is 16.3 Å². The predicted molar refractivity (Wildman–Crippen MR) is 102 cm³/mol. The highest BCUT2D eigenvalue weighted by Crippen LogP contribution is 2.24. The minimum Gasteiger partial charge on any atom is -0.478 e. The number of thiazole rings is 1. The van der Waals surface area contributed by atoms with Crippen molar-refractivity contribution in [1.82, 2.24) is 14.6 Å². The number of aliphatic carboxylic acids is 1. The van der Waals surface area contributed by atoms with Gasteiger partial charge in [0.2, 0.25) is 5.60 Å². The molecule has 2 rings (SSSR count). The molecule has 1 aromatic rings. The number of aromatic nitrogens is 1. The van der Waals surface area contributed by atoms with E-state index in [4.69, 9.17) is 25.0 Å². The van der Waals surface area contributed by atoms with Gasteiger partial charge in [-0.2, -0.15) is 8.42 Å². The Hall–Kier alpha value is -2.82. The second-order valence-electron chi connectivity index (χ2n) is 6.50. The zero-order valence-electron chi connectivity index (χ0n) is 15.9. The molecule has 0 bridgehead atoms. The van der Waals surface area contributed by atoms with Crippen molar-refractivity contribution >= 4 is 50.3 Å². The van der Waals surface area contributed by atoms with E-state index in [1.165, 1.54) is 26.3 Å². The summed E-state index contributed by atoms with van der Waals surface area (Å²) >= 11 is 0.968. The summed E-state index contributed by atoms with van der Waals surface area (Å²) in [4.78, 5) is 44.9. The van der Waals surface area contributed by atoms with Crippen molar-refractivity contribution in [3.63, 3.8) is 0 Å². The summed E-state index contributed by atoms with van der Waals surface area (Å²) in [5, 5.41) is 16.4. The third kappa shape index (κ3) is 4.84. The van der Waals surface area contributed by atoms with Crippen molar-refractivity contribution in [3.8, 4) is 0 Å². The van der Waals surface area contributed by atoms with Gasteiger partial charge in [-0.1, -0.05) is 5.16 Å². The van der Waals surface area contributed by atoms with Crippen LogP contribution in [0.3, 0.4) is 0 Å². The highest BCUT2D eigenvalue weighted by atomic mass is 32.2. The fraction of sp³-hybridized carbons (Fsp3) is 0.500. The molecule has 16 heteroatoms. The predicted octanol–water partition coefficient (Wildman–Crippen LogP) is -1.55. The van der Waals surface area contributed by atoms with Gasteiger partial charge in [0.25, 0.3) is 11.8 Å². The number of nitrogens with one attached hydrogen (secondary N) is 1. The molecule has 5 N–H and O–H groups in total. The number of hydrogen-bond acceptors (Lipinski definition) is 11. The highest BCUT2D eigenvalue weighted by Gasteiger charge is 2.54. The van der Waals surface area contributed by atoms with E-state index in [0.717, 1.165) is 11.3 Å². The molecule has 166 valence electrons. The lowest BCUT2D eigenvalue weighted by molar-refractivity contribution is -0.161. The monoisotopic (exact) mass is 465 g/mol. The average Bonchev–Trinajstić information content (AvgIpc) is 3.04. The van der Waals surface area contributed by atoms with E-state index < -0.39 is 51.5 Å². The van der Waals surface area contributed by atoms with Crippen LogP contribution in [0.25, 0.3) is 0 Å². The van der Waals surface area contributed by atoms with Gasteiger partial charge in [0.1, 0.15) is 17.8 Å². The van der Waals surface area contributed by atoms with Gasteiger partial charge in [-0.25, -0.2) is 14.1 Å². The lowest BCUT2D eigenvalue weighted by Gasteiger charge is -2.43. The molecule has 0 aromatic carbocycles. The molecular formula is C14H19N5O9S2. The van der Waals surface area contributed by atoms with Gasteiger partial charge in [0.15, 0.2) is 10.8 Å². The van der Waals surface area contributed by atoms with E-state index >= 15 is 0 Å². The number of carboxylic acids is 1. The zero-order chi connectivity index (χ0) is 22.9. The number of nitrogens with two attached hydrogens (primary N) is 1. The summed E-state index contributed by atoms with van der Waals surface area (Å²) < 4.78 is 36.9. The van der Waals surface area contributed by atoms with Crippen molar-refractivity contribution in [2.45, 2.75) is 31.5 Å². The first kappa shape index (κ1) is 23.5. The molecule has 2 heterocycles. The van der Waals surface area contributed by atoms with E-state index in [1.807, 2.05) is 0 Å². The van der Waals surface area contributed by atoms with Crippen molar-refractivity contribution < 1.29 is 42.0 Å². The summed E-state index contributed by atoms with van der Waals surface area (Å²) in [7, 11) is -3.63. The Morgan fingerprint density at radius 3 is 2.57 bits per heavy atom. The van der Waals surface area contributed by atoms with E-state index in [1.54, 1.807) is 0 Å². The van der Waals surface area contributed by atoms with Crippen LogP contribution in [0.5, 0.6) is 0 Å². The number of nitrogens with zero attached hydrogens (tertiary/aromatic N) is 3. The number of carboxylic acid groups (broad SMARTS) is 1. The van der Waals surface area contributed by atoms with Crippen LogP contribution < -0.4 is 11.1 Å². The Labute approximate surface area is 174 Å². The number of β-lactam (4-membered cyclic amide) rings is 1. The van der Waals surface area contributed by atoms with E-state index in [0.29, 0.717) is 0 Å². The molecule has 1 aromatic heterocycles. The van der Waals surface area contributed by atoms with Gasteiger partial charge in [0, 0.05) is 12.5 Å². The van der Waals surface area contributed by atoms with Gasteiger partial charge in [-0.05, 0) is 13.8 Å². The summed E-state index contributed by atoms with van der Waals surface area (Å²) in [6.07, 6.45) is 0. The summed E-state index contributed by atoms with van der Waals surface area (Å²) in [6.45, 7) is 2.07.